The molecule has 0 saturated carbocycles. The van der Waals surface area contributed by atoms with Gasteiger partial charge in [-0.15, -0.1) is 0 Å². The first-order valence-corrected chi connectivity index (χ1v) is 7.33. The number of benzene rings is 2. The average Bonchev–Trinajstić information content (AvgIpc) is 2.74. The van der Waals surface area contributed by atoms with E-state index in [0.29, 0.717) is 11.0 Å². The number of anilines is 1. The van der Waals surface area contributed by atoms with E-state index in [1.165, 1.54) is 0 Å². The molecule has 0 bridgehead atoms. The number of methoxy groups -OCH3 is 1. The Hall–Kier alpha value is -1.47. The fourth-order valence-corrected chi connectivity index (χ4v) is 3.06. The van der Waals surface area contributed by atoms with Crippen molar-refractivity contribution in [3.8, 4) is 11.4 Å². The first-order chi connectivity index (χ1) is 9.60. The molecule has 0 unspecified atom stereocenters. The van der Waals surface area contributed by atoms with Gasteiger partial charge in [0.1, 0.15) is 5.75 Å². The van der Waals surface area contributed by atoms with Gasteiger partial charge in [-0.25, -0.2) is 4.98 Å². The van der Waals surface area contributed by atoms with E-state index in [0.717, 1.165) is 26.0 Å². The van der Waals surface area contributed by atoms with Gasteiger partial charge >= 0.3 is 0 Å². The lowest BCUT2D eigenvalue weighted by molar-refractivity contribution is 0.415. The van der Waals surface area contributed by atoms with Crippen LogP contribution in [0.3, 0.4) is 0 Å². The van der Waals surface area contributed by atoms with Crippen molar-refractivity contribution >= 4 is 51.2 Å². The molecule has 4 nitrogen and oxygen atoms in total. The van der Waals surface area contributed by atoms with Gasteiger partial charge in [-0.1, -0.05) is 11.6 Å². The number of hydrogen-bond donors (Lipinski definition) is 1. The van der Waals surface area contributed by atoms with Gasteiger partial charge in [0.15, 0.2) is 0 Å². The van der Waals surface area contributed by atoms with Gasteiger partial charge in [0.2, 0.25) is 5.95 Å². The van der Waals surface area contributed by atoms with Gasteiger partial charge < -0.3 is 10.5 Å². The number of aromatic nitrogens is 2. The molecule has 0 spiro atoms. The lowest BCUT2D eigenvalue weighted by Crippen LogP contribution is -2.01. The summed E-state index contributed by atoms with van der Waals surface area (Å²) < 4.78 is 8.11. The molecule has 3 aromatic rings. The molecule has 2 N–H and O–H groups in total. The number of nitrogens with zero attached hydrogens (tertiary/aromatic N) is 2. The SMILES string of the molecule is COc1ccc2c(c1)nc(N)n2-c1ccc(I)cc1Cl. The lowest BCUT2D eigenvalue weighted by atomic mass is 10.2. The second kappa shape index (κ2) is 5.14. The molecule has 0 radical (unpaired) electrons. The molecule has 3 rings (SSSR count). The topological polar surface area (TPSA) is 53.1 Å². The van der Waals surface area contributed by atoms with Crippen LogP contribution in [0.5, 0.6) is 5.75 Å². The molecule has 1 heterocycles. The number of imidazole rings is 1. The van der Waals surface area contributed by atoms with E-state index >= 15 is 0 Å². The zero-order valence-corrected chi connectivity index (χ0v) is 13.5. The Bertz CT molecular complexity index is 800. The van der Waals surface area contributed by atoms with Crippen LogP contribution in [-0.4, -0.2) is 16.7 Å². The van der Waals surface area contributed by atoms with E-state index < -0.39 is 0 Å². The van der Waals surface area contributed by atoms with E-state index in [2.05, 4.69) is 27.6 Å². The van der Waals surface area contributed by atoms with Crippen LogP contribution in [0.25, 0.3) is 16.7 Å². The van der Waals surface area contributed by atoms with Gasteiger partial charge in [0.05, 0.1) is 28.9 Å². The molecule has 6 heteroatoms. The van der Waals surface area contributed by atoms with E-state index in [-0.39, 0.29) is 0 Å². The van der Waals surface area contributed by atoms with Crippen LogP contribution in [0.4, 0.5) is 5.95 Å². The summed E-state index contributed by atoms with van der Waals surface area (Å²) in [4.78, 5) is 4.36. The van der Waals surface area contributed by atoms with Gasteiger partial charge in [-0.2, -0.15) is 0 Å². The highest BCUT2D eigenvalue weighted by Crippen LogP contribution is 2.30. The summed E-state index contributed by atoms with van der Waals surface area (Å²) in [6, 6.07) is 11.5. The maximum absolute atomic E-state index is 6.32. The minimum Gasteiger partial charge on any atom is -0.497 e. The van der Waals surface area contributed by atoms with Crippen molar-refractivity contribution in [1.29, 1.82) is 0 Å². The Morgan fingerprint density at radius 2 is 2.05 bits per heavy atom. The minimum atomic E-state index is 0.399. The third-order valence-corrected chi connectivity index (χ3v) is 4.01. The molecule has 0 aliphatic rings. The Morgan fingerprint density at radius 1 is 1.25 bits per heavy atom. The number of nitrogen functional groups attached to an aromatic ring is 1. The fraction of sp³-hybridized carbons (Fsp3) is 0.0714. The smallest absolute Gasteiger partial charge is 0.205 e. The van der Waals surface area contributed by atoms with Crippen molar-refractivity contribution in [3.63, 3.8) is 0 Å². The van der Waals surface area contributed by atoms with Crippen molar-refractivity contribution in [2.24, 2.45) is 0 Å². The number of hydrogen-bond acceptors (Lipinski definition) is 3. The van der Waals surface area contributed by atoms with Gasteiger partial charge in [0, 0.05) is 9.64 Å². The second-order valence-corrected chi connectivity index (χ2v) is 5.91. The van der Waals surface area contributed by atoms with Crippen molar-refractivity contribution in [2.45, 2.75) is 0 Å². The Labute approximate surface area is 134 Å². The van der Waals surface area contributed by atoms with Crippen LogP contribution in [0.15, 0.2) is 36.4 Å². The fourth-order valence-electron chi connectivity index (χ4n) is 2.12. The molecular weight excluding hydrogens is 389 g/mol. The Balaban J connectivity index is 2.27. The highest BCUT2D eigenvalue weighted by molar-refractivity contribution is 14.1. The number of ether oxygens (including phenoxy) is 1. The summed E-state index contributed by atoms with van der Waals surface area (Å²) in [6.45, 7) is 0. The highest BCUT2D eigenvalue weighted by atomic mass is 127. The maximum Gasteiger partial charge on any atom is 0.205 e. The van der Waals surface area contributed by atoms with Crippen LogP contribution in [-0.2, 0) is 0 Å². The zero-order chi connectivity index (χ0) is 14.3. The van der Waals surface area contributed by atoms with E-state index in [1.54, 1.807) is 7.11 Å². The summed E-state index contributed by atoms with van der Waals surface area (Å²) in [5.74, 6) is 1.15. The normalized spacial score (nSPS) is 10.9. The predicted octanol–water partition coefficient (Wildman–Crippen LogP) is 3.87. The predicted molar refractivity (Wildman–Crippen MR) is 89.8 cm³/mol. The molecule has 0 amide bonds. The largest absolute Gasteiger partial charge is 0.497 e. The van der Waals surface area contributed by atoms with E-state index in [1.807, 2.05) is 41.0 Å². The molecule has 0 aliphatic heterocycles. The molecule has 0 aliphatic carbocycles. The molecule has 20 heavy (non-hydrogen) atoms. The highest BCUT2D eigenvalue weighted by Gasteiger charge is 2.13. The third-order valence-electron chi connectivity index (χ3n) is 3.04. The second-order valence-electron chi connectivity index (χ2n) is 4.26. The van der Waals surface area contributed by atoms with Crippen molar-refractivity contribution < 1.29 is 4.74 Å². The molecule has 1 aromatic heterocycles. The van der Waals surface area contributed by atoms with Crippen molar-refractivity contribution in [3.05, 3.63) is 45.0 Å². The Kier molecular flexibility index (Phi) is 3.47. The number of nitrogens with two attached hydrogens (primary N) is 1. The monoisotopic (exact) mass is 399 g/mol. The van der Waals surface area contributed by atoms with Crippen LogP contribution in [0.2, 0.25) is 5.02 Å². The number of fused-ring (bicyclic) bond motifs is 1. The van der Waals surface area contributed by atoms with Gasteiger partial charge in [0.25, 0.3) is 0 Å². The molecule has 0 saturated heterocycles. The Morgan fingerprint density at radius 3 is 2.75 bits per heavy atom. The van der Waals surface area contributed by atoms with Crippen LogP contribution in [0.1, 0.15) is 0 Å². The van der Waals surface area contributed by atoms with Crippen LogP contribution >= 0.6 is 34.2 Å². The van der Waals surface area contributed by atoms with Crippen LogP contribution in [0, 0.1) is 3.57 Å². The summed E-state index contributed by atoms with van der Waals surface area (Å²) in [6.07, 6.45) is 0. The third kappa shape index (κ3) is 2.20. The summed E-state index contributed by atoms with van der Waals surface area (Å²) in [5, 5.41) is 0.638. The maximum atomic E-state index is 6.32. The molecule has 102 valence electrons. The molecule has 0 atom stereocenters. The minimum absolute atomic E-state index is 0.399. The van der Waals surface area contributed by atoms with Crippen LogP contribution < -0.4 is 10.5 Å². The first kappa shape index (κ1) is 13.5. The quantitative estimate of drug-likeness (QED) is 0.666. The number of halogens is 2. The van der Waals surface area contributed by atoms with Gasteiger partial charge in [-0.05, 0) is 52.9 Å². The van der Waals surface area contributed by atoms with Crippen molar-refractivity contribution in [1.82, 2.24) is 9.55 Å². The first-order valence-electron chi connectivity index (χ1n) is 5.87. The van der Waals surface area contributed by atoms with Crippen molar-refractivity contribution in [2.75, 3.05) is 12.8 Å². The zero-order valence-electron chi connectivity index (χ0n) is 10.6. The summed E-state index contributed by atoms with van der Waals surface area (Å²) >= 11 is 8.54. The molecular formula is C14H11ClIN3O. The summed E-state index contributed by atoms with van der Waals surface area (Å²) in [5.41, 5.74) is 8.52. The van der Waals surface area contributed by atoms with E-state index in [9.17, 15) is 0 Å². The lowest BCUT2D eigenvalue weighted by Gasteiger charge is -2.09. The molecule has 2 aromatic carbocycles. The average molecular weight is 400 g/mol. The molecule has 0 fully saturated rings. The van der Waals surface area contributed by atoms with E-state index in [4.69, 9.17) is 22.1 Å². The summed E-state index contributed by atoms with van der Waals surface area (Å²) in [7, 11) is 1.62. The number of rotatable bonds is 2. The van der Waals surface area contributed by atoms with Gasteiger partial charge in [-0.3, -0.25) is 4.57 Å². The standard InChI is InChI=1S/C14H11ClIN3O/c1-20-9-3-5-13-11(7-9)18-14(17)19(13)12-4-2-8(16)6-10(12)15/h2-7H,1H3,(H2,17,18).